The first-order valence-corrected chi connectivity index (χ1v) is 5.48. The molecule has 74 valence electrons. The van der Waals surface area contributed by atoms with E-state index in [9.17, 15) is 0 Å². The first-order chi connectivity index (χ1) is 6.19. The summed E-state index contributed by atoms with van der Waals surface area (Å²) in [7, 11) is 0. The Hall–Kier alpha value is -0.610. The number of anilines is 1. The lowest BCUT2D eigenvalue weighted by molar-refractivity contribution is 0.699. The number of nitrogens with two attached hydrogens (primary N) is 1. The van der Waals surface area contributed by atoms with E-state index in [2.05, 4.69) is 30.7 Å². The molecule has 0 aromatic carbocycles. The molecule has 0 aliphatic rings. The quantitative estimate of drug-likeness (QED) is 0.804. The van der Waals surface area contributed by atoms with E-state index in [1.165, 1.54) is 0 Å². The molecule has 0 unspecified atom stereocenters. The summed E-state index contributed by atoms with van der Waals surface area (Å²) in [6.07, 6.45) is 0. The first kappa shape index (κ1) is 10.5. The van der Waals surface area contributed by atoms with Gasteiger partial charge in [-0.15, -0.1) is 11.3 Å². The van der Waals surface area contributed by atoms with Gasteiger partial charge in [-0.05, 0) is 20.8 Å². The van der Waals surface area contributed by atoms with E-state index in [-0.39, 0.29) is 0 Å². The lowest BCUT2D eigenvalue weighted by Gasteiger charge is -2.23. The predicted octanol–water partition coefficient (Wildman–Crippen LogP) is 1.84. The van der Waals surface area contributed by atoms with Crippen LogP contribution in [-0.2, 0) is 6.54 Å². The molecule has 2 N–H and O–H groups in total. The summed E-state index contributed by atoms with van der Waals surface area (Å²) >= 11 is 1.67. The minimum atomic E-state index is 0.502. The molecule has 0 fully saturated rings. The van der Waals surface area contributed by atoms with Gasteiger partial charge >= 0.3 is 0 Å². The van der Waals surface area contributed by atoms with E-state index in [0.29, 0.717) is 12.6 Å². The molecular formula is C9H17N3S. The molecule has 0 aliphatic heterocycles. The van der Waals surface area contributed by atoms with Gasteiger partial charge in [-0.3, -0.25) is 0 Å². The highest BCUT2D eigenvalue weighted by molar-refractivity contribution is 7.13. The Balaban J connectivity index is 2.79. The average Bonchev–Trinajstić information content (AvgIpc) is 2.53. The van der Waals surface area contributed by atoms with Gasteiger partial charge in [0.2, 0.25) is 0 Å². The molecule has 0 saturated carbocycles. The Morgan fingerprint density at radius 2 is 2.31 bits per heavy atom. The minimum absolute atomic E-state index is 0.502. The molecule has 0 spiro atoms. The maximum atomic E-state index is 5.51. The highest BCUT2D eigenvalue weighted by Gasteiger charge is 2.11. The van der Waals surface area contributed by atoms with E-state index in [4.69, 9.17) is 5.73 Å². The van der Waals surface area contributed by atoms with Crippen LogP contribution < -0.4 is 10.6 Å². The van der Waals surface area contributed by atoms with Gasteiger partial charge in [0.15, 0.2) is 5.13 Å². The lowest BCUT2D eigenvalue weighted by Crippen LogP contribution is -2.30. The van der Waals surface area contributed by atoms with Crippen molar-refractivity contribution < 1.29 is 0 Å². The standard InChI is InChI=1S/C9H17N3S/c1-4-12(7(2)3)9-11-8(5-10)6-13-9/h6-7H,4-5,10H2,1-3H3. The second-order valence-corrected chi connectivity index (χ2v) is 4.04. The smallest absolute Gasteiger partial charge is 0.185 e. The SMILES string of the molecule is CCN(c1nc(CN)cs1)C(C)C. The minimum Gasteiger partial charge on any atom is -0.346 e. The molecule has 1 heterocycles. The van der Waals surface area contributed by atoms with Crippen molar-refractivity contribution in [3.8, 4) is 0 Å². The fourth-order valence-corrected chi connectivity index (χ4v) is 2.28. The summed E-state index contributed by atoms with van der Waals surface area (Å²) in [5.41, 5.74) is 6.49. The Labute approximate surface area is 83.6 Å². The van der Waals surface area contributed by atoms with Gasteiger partial charge in [0.25, 0.3) is 0 Å². The van der Waals surface area contributed by atoms with Crippen LogP contribution in [0.5, 0.6) is 0 Å². The van der Waals surface area contributed by atoms with Crippen LogP contribution in [0.15, 0.2) is 5.38 Å². The molecule has 0 atom stereocenters. The number of nitrogens with zero attached hydrogens (tertiary/aromatic N) is 2. The summed E-state index contributed by atoms with van der Waals surface area (Å²) in [4.78, 5) is 6.71. The number of hydrogen-bond acceptors (Lipinski definition) is 4. The lowest BCUT2D eigenvalue weighted by atomic mass is 10.3. The van der Waals surface area contributed by atoms with Crippen LogP contribution in [0.3, 0.4) is 0 Å². The summed E-state index contributed by atoms with van der Waals surface area (Å²) in [6.45, 7) is 8.02. The van der Waals surface area contributed by atoms with Crippen LogP contribution in [0.1, 0.15) is 26.5 Å². The zero-order valence-electron chi connectivity index (χ0n) is 8.45. The van der Waals surface area contributed by atoms with Crippen molar-refractivity contribution in [2.75, 3.05) is 11.4 Å². The van der Waals surface area contributed by atoms with Gasteiger partial charge in [0.05, 0.1) is 5.69 Å². The molecule has 13 heavy (non-hydrogen) atoms. The third kappa shape index (κ3) is 2.42. The maximum Gasteiger partial charge on any atom is 0.185 e. The molecule has 1 aromatic heterocycles. The van der Waals surface area contributed by atoms with Gasteiger partial charge in [-0.1, -0.05) is 0 Å². The van der Waals surface area contributed by atoms with E-state index in [1.807, 2.05) is 5.38 Å². The second-order valence-electron chi connectivity index (χ2n) is 3.21. The largest absolute Gasteiger partial charge is 0.346 e. The number of rotatable bonds is 4. The zero-order valence-corrected chi connectivity index (χ0v) is 9.27. The molecule has 0 aliphatic carbocycles. The Kier molecular flexibility index (Phi) is 3.69. The van der Waals surface area contributed by atoms with Gasteiger partial charge in [-0.25, -0.2) is 4.98 Å². The monoisotopic (exact) mass is 199 g/mol. The first-order valence-electron chi connectivity index (χ1n) is 4.60. The van der Waals surface area contributed by atoms with Crippen LogP contribution in [0.25, 0.3) is 0 Å². The normalized spacial score (nSPS) is 10.8. The molecule has 0 bridgehead atoms. The molecule has 0 radical (unpaired) electrons. The number of thiazole rings is 1. The fourth-order valence-electron chi connectivity index (χ4n) is 1.24. The van der Waals surface area contributed by atoms with Crippen LogP contribution in [0, 0.1) is 0 Å². The number of hydrogen-bond donors (Lipinski definition) is 1. The van der Waals surface area contributed by atoms with E-state index < -0.39 is 0 Å². The molecule has 0 amide bonds. The van der Waals surface area contributed by atoms with Gasteiger partial charge in [0, 0.05) is 24.5 Å². The summed E-state index contributed by atoms with van der Waals surface area (Å²) in [6, 6.07) is 0.502. The summed E-state index contributed by atoms with van der Waals surface area (Å²) in [5.74, 6) is 0. The Morgan fingerprint density at radius 3 is 2.69 bits per heavy atom. The van der Waals surface area contributed by atoms with Crippen LogP contribution in [-0.4, -0.2) is 17.6 Å². The van der Waals surface area contributed by atoms with Gasteiger partial charge < -0.3 is 10.6 Å². The highest BCUT2D eigenvalue weighted by atomic mass is 32.1. The topological polar surface area (TPSA) is 42.2 Å². The van der Waals surface area contributed by atoms with Crippen molar-refractivity contribution >= 4 is 16.5 Å². The van der Waals surface area contributed by atoms with Crippen molar-refractivity contribution in [2.45, 2.75) is 33.4 Å². The predicted molar refractivity (Wildman–Crippen MR) is 58.2 cm³/mol. The molecule has 1 aromatic rings. The van der Waals surface area contributed by atoms with Crippen molar-refractivity contribution in [3.63, 3.8) is 0 Å². The molecular weight excluding hydrogens is 182 g/mol. The van der Waals surface area contributed by atoms with Gasteiger partial charge in [-0.2, -0.15) is 0 Å². The summed E-state index contributed by atoms with van der Waals surface area (Å²) in [5, 5.41) is 3.11. The maximum absolute atomic E-state index is 5.51. The molecule has 3 nitrogen and oxygen atoms in total. The number of aromatic nitrogens is 1. The summed E-state index contributed by atoms with van der Waals surface area (Å²) < 4.78 is 0. The second kappa shape index (κ2) is 4.58. The molecule has 0 saturated heterocycles. The van der Waals surface area contributed by atoms with Gasteiger partial charge in [0.1, 0.15) is 0 Å². The van der Waals surface area contributed by atoms with Crippen molar-refractivity contribution in [1.82, 2.24) is 4.98 Å². The van der Waals surface area contributed by atoms with E-state index in [1.54, 1.807) is 11.3 Å². The third-order valence-corrected chi connectivity index (χ3v) is 2.89. The van der Waals surface area contributed by atoms with Crippen molar-refractivity contribution in [2.24, 2.45) is 5.73 Å². The van der Waals surface area contributed by atoms with Crippen LogP contribution in [0.4, 0.5) is 5.13 Å². The van der Waals surface area contributed by atoms with Crippen molar-refractivity contribution in [3.05, 3.63) is 11.1 Å². The molecule has 4 heteroatoms. The fraction of sp³-hybridized carbons (Fsp3) is 0.667. The third-order valence-electron chi connectivity index (χ3n) is 1.96. The van der Waals surface area contributed by atoms with Crippen molar-refractivity contribution in [1.29, 1.82) is 0 Å². The Bertz CT molecular complexity index is 257. The average molecular weight is 199 g/mol. The molecule has 1 rings (SSSR count). The Morgan fingerprint density at radius 1 is 1.62 bits per heavy atom. The zero-order chi connectivity index (χ0) is 9.84. The van der Waals surface area contributed by atoms with E-state index in [0.717, 1.165) is 17.4 Å². The highest BCUT2D eigenvalue weighted by Crippen LogP contribution is 2.21. The van der Waals surface area contributed by atoms with Crippen LogP contribution >= 0.6 is 11.3 Å². The van der Waals surface area contributed by atoms with Crippen LogP contribution in [0.2, 0.25) is 0 Å². The van der Waals surface area contributed by atoms with E-state index >= 15 is 0 Å².